The number of ketones is 1. The predicted octanol–water partition coefficient (Wildman–Crippen LogP) is 2.20. The van der Waals surface area contributed by atoms with Crippen LogP contribution in [-0.4, -0.2) is 18.2 Å². The smallest absolute Gasteiger partial charge is 0.227 e. The molecule has 0 heterocycles. The van der Waals surface area contributed by atoms with Gasteiger partial charge in [0, 0.05) is 17.2 Å². The number of carbonyl (C=O) groups is 2. The number of carbonyl (C=O) groups excluding carboxylic acids is 2. The van der Waals surface area contributed by atoms with Gasteiger partial charge in [0.2, 0.25) is 5.91 Å². The Morgan fingerprint density at radius 1 is 1.28 bits per heavy atom. The molecule has 0 radical (unpaired) electrons. The van der Waals surface area contributed by atoms with Crippen LogP contribution in [0.3, 0.4) is 0 Å². The van der Waals surface area contributed by atoms with Gasteiger partial charge in [0.25, 0.3) is 0 Å². The topological polar surface area (TPSA) is 72.2 Å². The summed E-state index contributed by atoms with van der Waals surface area (Å²) in [7, 11) is 0. The summed E-state index contributed by atoms with van der Waals surface area (Å²) in [5.74, 6) is -0.121. The van der Waals surface area contributed by atoms with Crippen molar-refractivity contribution in [3.63, 3.8) is 0 Å². The van der Waals surface area contributed by atoms with Crippen LogP contribution in [0.5, 0.6) is 0 Å². The fraction of sp³-hybridized carbons (Fsp3) is 0.429. The first-order valence-corrected chi connectivity index (χ1v) is 6.26. The first-order chi connectivity index (χ1) is 8.62. The van der Waals surface area contributed by atoms with Crippen molar-refractivity contribution in [3.8, 4) is 0 Å². The third-order valence-electron chi connectivity index (χ3n) is 2.99. The van der Waals surface area contributed by atoms with Gasteiger partial charge in [-0.25, -0.2) is 0 Å². The third kappa shape index (κ3) is 3.67. The van der Waals surface area contributed by atoms with E-state index in [2.05, 4.69) is 5.32 Å². The number of nitrogens with one attached hydrogen (secondary N) is 1. The van der Waals surface area contributed by atoms with Crippen LogP contribution in [0.2, 0.25) is 0 Å². The third-order valence-corrected chi connectivity index (χ3v) is 2.99. The Hall–Kier alpha value is -1.68. The van der Waals surface area contributed by atoms with Crippen LogP contribution in [0.4, 0.5) is 5.69 Å². The molecular formula is C14H20N2O2. The van der Waals surface area contributed by atoms with Crippen molar-refractivity contribution in [2.45, 2.75) is 26.7 Å². The van der Waals surface area contributed by atoms with Crippen molar-refractivity contribution < 1.29 is 9.59 Å². The Kier molecular flexibility index (Phi) is 5.52. The van der Waals surface area contributed by atoms with E-state index in [0.717, 1.165) is 12.8 Å². The molecule has 0 spiro atoms. The van der Waals surface area contributed by atoms with E-state index in [1.165, 1.54) is 0 Å². The van der Waals surface area contributed by atoms with Gasteiger partial charge in [0.15, 0.2) is 5.78 Å². The monoisotopic (exact) mass is 248 g/mol. The fourth-order valence-electron chi connectivity index (χ4n) is 1.79. The van der Waals surface area contributed by atoms with Crippen molar-refractivity contribution in [2.24, 2.45) is 11.7 Å². The van der Waals surface area contributed by atoms with Crippen LogP contribution in [0, 0.1) is 5.92 Å². The molecule has 4 heteroatoms. The highest BCUT2D eigenvalue weighted by molar-refractivity contribution is 5.99. The molecule has 1 aromatic rings. The molecule has 0 saturated heterocycles. The molecule has 0 saturated carbocycles. The Balaban J connectivity index is 2.79. The minimum Gasteiger partial charge on any atom is -0.326 e. The van der Waals surface area contributed by atoms with Crippen molar-refractivity contribution in [3.05, 3.63) is 29.8 Å². The molecule has 18 heavy (non-hydrogen) atoms. The molecule has 1 aromatic carbocycles. The lowest BCUT2D eigenvalue weighted by Crippen LogP contribution is -2.22. The molecule has 0 atom stereocenters. The zero-order chi connectivity index (χ0) is 13.5. The van der Waals surface area contributed by atoms with Crippen molar-refractivity contribution in [1.29, 1.82) is 0 Å². The molecule has 0 aliphatic carbocycles. The summed E-state index contributed by atoms with van der Waals surface area (Å²) in [6, 6.07) is 6.87. The van der Waals surface area contributed by atoms with Gasteiger partial charge in [0.05, 0.1) is 6.54 Å². The van der Waals surface area contributed by atoms with Crippen LogP contribution in [-0.2, 0) is 4.79 Å². The molecule has 0 bridgehead atoms. The molecule has 3 N–H and O–H groups in total. The Bertz CT molecular complexity index is 426. The first kappa shape index (κ1) is 14.4. The highest BCUT2D eigenvalue weighted by Gasteiger charge is 2.14. The number of amides is 1. The number of nitrogens with two attached hydrogens (primary N) is 1. The summed E-state index contributed by atoms with van der Waals surface area (Å²) in [5.41, 5.74) is 6.48. The van der Waals surface area contributed by atoms with Gasteiger partial charge in [-0.15, -0.1) is 0 Å². The van der Waals surface area contributed by atoms with E-state index in [9.17, 15) is 9.59 Å². The lowest BCUT2D eigenvalue weighted by atomic mass is 10.0. The number of hydrogen-bond donors (Lipinski definition) is 2. The summed E-state index contributed by atoms with van der Waals surface area (Å²) in [6.07, 6.45) is 1.62. The lowest BCUT2D eigenvalue weighted by molar-refractivity contribution is -0.120. The summed E-state index contributed by atoms with van der Waals surface area (Å²) in [5, 5.41) is 2.83. The average Bonchev–Trinajstić information content (AvgIpc) is 2.39. The average molecular weight is 248 g/mol. The van der Waals surface area contributed by atoms with Gasteiger partial charge in [0.1, 0.15) is 0 Å². The van der Waals surface area contributed by atoms with Gasteiger partial charge in [-0.2, -0.15) is 0 Å². The van der Waals surface area contributed by atoms with Crippen LogP contribution in [0.15, 0.2) is 24.3 Å². The Labute approximate surface area is 108 Å². The SMILES string of the molecule is CCC(CC)C(=O)Nc1cccc(C(=O)CN)c1. The highest BCUT2D eigenvalue weighted by atomic mass is 16.2. The van der Waals surface area contributed by atoms with E-state index in [0.29, 0.717) is 11.3 Å². The summed E-state index contributed by atoms with van der Waals surface area (Å²) in [4.78, 5) is 23.4. The number of benzene rings is 1. The molecule has 4 nitrogen and oxygen atoms in total. The van der Waals surface area contributed by atoms with E-state index < -0.39 is 0 Å². The van der Waals surface area contributed by atoms with Crippen molar-refractivity contribution in [2.75, 3.05) is 11.9 Å². The van der Waals surface area contributed by atoms with E-state index in [-0.39, 0.29) is 24.2 Å². The Morgan fingerprint density at radius 2 is 1.94 bits per heavy atom. The molecule has 0 aliphatic heterocycles. The fourth-order valence-corrected chi connectivity index (χ4v) is 1.79. The normalized spacial score (nSPS) is 10.4. The standard InChI is InChI=1S/C14H20N2O2/c1-3-10(4-2)14(18)16-12-7-5-6-11(8-12)13(17)9-15/h5-8,10H,3-4,9,15H2,1-2H3,(H,16,18). The maximum atomic E-state index is 11.9. The zero-order valence-corrected chi connectivity index (χ0v) is 10.9. The zero-order valence-electron chi connectivity index (χ0n) is 10.9. The van der Waals surface area contributed by atoms with Crippen molar-refractivity contribution >= 4 is 17.4 Å². The van der Waals surface area contributed by atoms with E-state index in [1.54, 1.807) is 24.3 Å². The number of hydrogen-bond acceptors (Lipinski definition) is 3. The van der Waals surface area contributed by atoms with Crippen LogP contribution in [0.25, 0.3) is 0 Å². The van der Waals surface area contributed by atoms with Gasteiger partial charge in [-0.05, 0) is 25.0 Å². The molecular weight excluding hydrogens is 228 g/mol. The number of anilines is 1. The summed E-state index contributed by atoms with van der Waals surface area (Å²) >= 11 is 0. The van der Waals surface area contributed by atoms with E-state index in [4.69, 9.17) is 5.73 Å². The van der Waals surface area contributed by atoms with Gasteiger partial charge >= 0.3 is 0 Å². The Morgan fingerprint density at radius 3 is 2.50 bits per heavy atom. The first-order valence-electron chi connectivity index (χ1n) is 6.26. The molecule has 1 amide bonds. The second kappa shape index (κ2) is 6.91. The number of rotatable bonds is 6. The lowest BCUT2D eigenvalue weighted by Gasteiger charge is -2.13. The molecule has 0 aromatic heterocycles. The van der Waals surface area contributed by atoms with Gasteiger partial charge in [-0.3, -0.25) is 9.59 Å². The van der Waals surface area contributed by atoms with E-state index >= 15 is 0 Å². The maximum Gasteiger partial charge on any atom is 0.227 e. The predicted molar refractivity (Wildman–Crippen MR) is 72.5 cm³/mol. The second-order valence-corrected chi connectivity index (χ2v) is 4.21. The van der Waals surface area contributed by atoms with Crippen LogP contribution >= 0.6 is 0 Å². The minimum atomic E-state index is -0.131. The molecule has 0 unspecified atom stereocenters. The maximum absolute atomic E-state index is 11.9. The summed E-state index contributed by atoms with van der Waals surface area (Å²) in [6.45, 7) is 3.95. The van der Waals surface area contributed by atoms with E-state index in [1.807, 2.05) is 13.8 Å². The molecule has 1 rings (SSSR count). The van der Waals surface area contributed by atoms with Crippen LogP contribution in [0.1, 0.15) is 37.0 Å². The quantitative estimate of drug-likeness (QED) is 0.758. The highest BCUT2D eigenvalue weighted by Crippen LogP contribution is 2.15. The van der Waals surface area contributed by atoms with Gasteiger partial charge < -0.3 is 11.1 Å². The largest absolute Gasteiger partial charge is 0.326 e. The molecule has 98 valence electrons. The molecule has 0 aliphatic rings. The van der Waals surface area contributed by atoms with Crippen molar-refractivity contribution in [1.82, 2.24) is 0 Å². The molecule has 0 fully saturated rings. The second-order valence-electron chi connectivity index (χ2n) is 4.21. The van der Waals surface area contributed by atoms with Gasteiger partial charge in [-0.1, -0.05) is 26.0 Å². The number of Topliss-reactive ketones (excluding diaryl/α,β-unsaturated/α-hetero) is 1. The minimum absolute atomic E-state index is 0.00246. The summed E-state index contributed by atoms with van der Waals surface area (Å²) < 4.78 is 0. The van der Waals surface area contributed by atoms with Crippen LogP contribution < -0.4 is 11.1 Å².